The summed E-state index contributed by atoms with van der Waals surface area (Å²) in [6, 6.07) is 5.24. The number of benzene rings is 1. The Bertz CT molecular complexity index is 640. The Balaban J connectivity index is 2.28. The summed E-state index contributed by atoms with van der Waals surface area (Å²) in [4.78, 5) is 26.1. The van der Waals surface area contributed by atoms with Crippen LogP contribution < -0.4 is 15.0 Å². The molecule has 0 radical (unpaired) electrons. The average molecular weight is 332 g/mol. The van der Waals surface area contributed by atoms with Crippen LogP contribution in [0, 0.1) is 5.41 Å². The molecule has 0 saturated carbocycles. The lowest BCUT2D eigenvalue weighted by Crippen LogP contribution is -2.42. The van der Waals surface area contributed by atoms with Gasteiger partial charge in [-0.2, -0.15) is 0 Å². The maximum Gasteiger partial charge on any atom is 0.250 e. The number of anilines is 2. The van der Waals surface area contributed by atoms with E-state index >= 15 is 0 Å². The van der Waals surface area contributed by atoms with Gasteiger partial charge in [0.25, 0.3) is 0 Å². The molecule has 2 rings (SSSR count). The third kappa shape index (κ3) is 3.94. The Labute approximate surface area is 142 Å². The van der Waals surface area contributed by atoms with Gasteiger partial charge in [-0.05, 0) is 32.9 Å². The number of rotatable bonds is 6. The summed E-state index contributed by atoms with van der Waals surface area (Å²) in [6.45, 7) is 10.4. The summed E-state index contributed by atoms with van der Waals surface area (Å²) in [5.41, 5.74) is 0.637. The largest absolute Gasteiger partial charge is 0.490 e. The van der Waals surface area contributed by atoms with Gasteiger partial charge < -0.3 is 19.7 Å². The third-order valence-electron chi connectivity index (χ3n) is 3.70. The van der Waals surface area contributed by atoms with E-state index in [0.29, 0.717) is 30.3 Å². The molecule has 1 aliphatic heterocycles. The van der Waals surface area contributed by atoms with E-state index in [1.807, 2.05) is 20.8 Å². The molecule has 0 saturated heterocycles. The normalized spacial score (nSPS) is 16.0. The van der Waals surface area contributed by atoms with Gasteiger partial charge in [0.2, 0.25) is 11.8 Å². The van der Waals surface area contributed by atoms with E-state index in [4.69, 9.17) is 9.47 Å². The van der Waals surface area contributed by atoms with Crippen molar-refractivity contribution in [3.8, 4) is 5.75 Å². The predicted molar refractivity (Wildman–Crippen MR) is 93.4 cm³/mol. The second kappa shape index (κ2) is 7.49. The van der Waals surface area contributed by atoms with Crippen LogP contribution in [-0.2, 0) is 14.3 Å². The van der Waals surface area contributed by atoms with Gasteiger partial charge in [-0.15, -0.1) is 6.58 Å². The van der Waals surface area contributed by atoms with Crippen molar-refractivity contribution in [2.45, 2.75) is 20.8 Å². The average Bonchev–Trinajstić information content (AvgIpc) is 2.64. The minimum Gasteiger partial charge on any atom is -0.490 e. The fourth-order valence-electron chi connectivity index (χ4n) is 2.43. The predicted octanol–water partition coefficient (Wildman–Crippen LogP) is 2.60. The molecule has 0 atom stereocenters. The zero-order valence-electron chi connectivity index (χ0n) is 14.4. The molecule has 0 bridgehead atoms. The Morgan fingerprint density at radius 1 is 1.50 bits per heavy atom. The number of carbonyl (C=O) groups is 2. The van der Waals surface area contributed by atoms with Crippen molar-refractivity contribution in [1.29, 1.82) is 0 Å². The SMILES string of the molecule is C=CCN1C(=O)C(C)(C)COc2cc(NC(=O)COCC)ccc21. The molecular formula is C18H24N2O4. The van der Waals surface area contributed by atoms with Crippen molar-refractivity contribution in [3.63, 3.8) is 0 Å². The first kappa shape index (κ1) is 18.0. The summed E-state index contributed by atoms with van der Waals surface area (Å²) in [5, 5.41) is 2.76. The van der Waals surface area contributed by atoms with Crippen LogP contribution in [0.25, 0.3) is 0 Å². The smallest absolute Gasteiger partial charge is 0.250 e. The summed E-state index contributed by atoms with van der Waals surface area (Å²) in [7, 11) is 0. The number of ether oxygens (including phenoxy) is 2. The van der Waals surface area contributed by atoms with Crippen LogP contribution in [0.2, 0.25) is 0 Å². The lowest BCUT2D eigenvalue weighted by atomic mass is 9.93. The minimum absolute atomic E-state index is 0.00253. The number of carbonyl (C=O) groups excluding carboxylic acids is 2. The second-order valence-corrected chi connectivity index (χ2v) is 6.24. The fourth-order valence-corrected chi connectivity index (χ4v) is 2.43. The second-order valence-electron chi connectivity index (χ2n) is 6.24. The molecular weight excluding hydrogens is 308 g/mol. The van der Waals surface area contributed by atoms with E-state index in [-0.39, 0.29) is 25.0 Å². The van der Waals surface area contributed by atoms with Crippen LogP contribution in [0.1, 0.15) is 20.8 Å². The number of amides is 2. The van der Waals surface area contributed by atoms with Crippen LogP contribution in [0.5, 0.6) is 5.75 Å². The van der Waals surface area contributed by atoms with Gasteiger partial charge in [-0.1, -0.05) is 6.08 Å². The number of nitrogens with one attached hydrogen (secondary N) is 1. The van der Waals surface area contributed by atoms with Gasteiger partial charge >= 0.3 is 0 Å². The van der Waals surface area contributed by atoms with Crippen LogP contribution in [0.4, 0.5) is 11.4 Å². The Morgan fingerprint density at radius 2 is 2.25 bits per heavy atom. The van der Waals surface area contributed by atoms with E-state index in [2.05, 4.69) is 11.9 Å². The number of nitrogens with zero attached hydrogens (tertiary/aromatic N) is 1. The fraction of sp³-hybridized carbons (Fsp3) is 0.444. The minimum atomic E-state index is -0.638. The third-order valence-corrected chi connectivity index (χ3v) is 3.70. The van der Waals surface area contributed by atoms with Crippen molar-refractivity contribution in [1.82, 2.24) is 0 Å². The quantitative estimate of drug-likeness (QED) is 0.813. The van der Waals surface area contributed by atoms with Gasteiger partial charge in [0.15, 0.2) is 0 Å². The maximum atomic E-state index is 12.7. The summed E-state index contributed by atoms with van der Waals surface area (Å²) < 4.78 is 10.9. The van der Waals surface area contributed by atoms with E-state index in [0.717, 1.165) is 0 Å². The van der Waals surface area contributed by atoms with E-state index in [9.17, 15) is 9.59 Å². The van der Waals surface area contributed by atoms with Crippen molar-refractivity contribution in [3.05, 3.63) is 30.9 Å². The molecule has 1 aliphatic rings. The van der Waals surface area contributed by atoms with E-state index in [1.165, 1.54) is 0 Å². The first-order valence-electron chi connectivity index (χ1n) is 7.96. The topological polar surface area (TPSA) is 67.9 Å². The highest BCUT2D eigenvalue weighted by atomic mass is 16.5. The molecule has 0 fully saturated rings. The van der Waals surface area contributed by atoms with Gasteiger partial charge in [0.05, 0.1) is 11.1 Å². The molecule has 0 aromatic heterocycles. The van der Waals surface area contributed by atoms with Crippen LogP contribution in [0.15, 0.2) is 30.9 Å². The van der Waals surface area contributed by atoms with Gasteiger partial charge in [0.1, 0.15) is 19.0 Å². The molecule has 0 unspecified atom stereocenters. The molecule has 6 nitrogen and oxygen atoms in total. The van der Waals surface area contributed by atoms with Crippen molar-refractivity contribution >= 4 is 23.2 Å². The standard InChI is InChI=1S/C18H24N2O4/c1-5-9-20-14-8-7-13(19-16(21)11-23-6-2)10-15(14)24-12-18(3,4)17(20)22/h5,7-8,10H,1,6,9,11-12H2,2-4H3,(H,19,21). The van der Waals surface area contributed by atoms with Crippen molar-refractivity contribution in [2.24, 2.45) is 5.41 Å². The highest BCUT2D eigenvalue weighted by Crippen LogP contribution is 2.38. The first-order chi connectivity index (χ1) is 11.4. The number of fused-ring (bicyclic) bond motifs is 1. The highest BCUT2D eigenvalue weighted by molar-refractivity contribution is 6.00. The Morgan fingerprint density at radius 3 is 2.92 bits per heavy atom. The van der Waals surface area contributed by atoms with Crippen LogP contribution in [-0.4, -0.2) is 38.2 Å². The molecule has 24 heavy (non-hydrogen) atoms. The number of hydrogen-bond acceptors (Lipinski definition) is 4. The summed E-state index contributed by atoms with van der Waals surface area (Å²) in [6.07, 6.45) is 1.68. The zero-order chi connectivity index (χ0) is 17.7. The zero-order valence-corrected chi connectivity index (χ0v) is 14.4. The van der Waals surface area contributed by atoms with Gasteiger partial charge in [-0.25, -0.2) is 0 Å². The van der Waals surface area contributed by atoms with E-state index in [1.54, 1.807) is 29.2 Å². The molecule has 1 N–H and O–H groups in total. The first-order valence-corrected chi connectivity index (χ1v) is 7.96. The number of hydrogen-bond donors (Lipinski definition) is 1. The highest BCUT2D eigenvalue weighted by Gasteiger charge is 2.37. The lowest BCUT2D eigenvalue weighted by molar-refractivity contribution is -0.127. The van der Waals surface area contributed by atoms with Crippen LogP contribution >= 0.6 is 0 Å². The lowest BCUT2D eigenvalue weighted by Gasteiger charge is -2.27. The molecule has 1 aromatic rings. The molecule has 0 spiro atoms. The summed E-state index contributed by atoms with van der Waals surface area (Å²) in [5.74, 6) is 0.309. The molecule has 6 heteroatoms. The van der Waals surface area contributed by atoms with Crippen molar-refractivity contribution < 1.29 is 19.1 Å². The van der Waals surface area contributed by atoms with Crippen LogP contribution in [0.3, 0.4) is 0 Å². The molecule has 1 heterocycles. The molecule has 0 aliphatic carbocycles. The Kier molecular flexibility index (Phi) is 5.62. The Hall–Kier alpha value is -2.34. The maximum absolute atomic E-state index is 12.7. The van der Waals surface area contributed by atoms with Gasteiger partial charge in [-0.3, -0.25) is 9.59 Å². The van der Waals surface area contributed by atoms with Crippen molar-refractivity contribution in [2.75, 3.05) is 36.6 Å². The monoisotopic (exact) mass is 332 g/mol. The van der Waals surface area contributed by atoms with Gasteiger partial charge in [0, 0.05) is 24.9 Å². The van der Waals surface area contributed by atoms with E-state index < -0.39 is 5.41 Å². The molecule has 1 aromatic carbocycles. The summed E-state index contributed by atoms with van der Waals surface area (Å²) >= 11 is 0. The molecule has 2 amide bonds. The molecule has 130 valence electrons.